The highest BCUT2D eigenvalue weighted by molar-refractivity contribution is 7.80. The third-order valence-electron chi connectivity index (χ3n) is 2.79. The Morgan fingerprint density at radius 1 is 1.50 bits per heavy atom. The Morgan fingerprint density at radius 3 is 3.00 bits per heavy atom. The number of thiocarbonyl (C=S) groups is 1. The van der Waals surface area contributed by atoms with Crippen molar-refractivity contribution < 1.29 is 4.74 Å². The Labute approximate surface area is 101 Å². The molecule has 0 saturated carbocycles. The molecule has 0 unspecified atom stereocenters. The standard InChI is InChI=1S/C12H16N2OS/c1-13-12(16)15-8-11-6-9-4-2-3-5-10(9)7-14-11/h2-5,11,14H,6-8H2,1H3,(H,13,16)/t11-/m0/s1. The van der Waals surface area contributed by atoms with Gasteiger partial charge in [0.25, 0.3) is 5.17 Å². The van der Waals surface area contributed by atoms with Crippen LogP contribution in [0.5, 0.6) is 0 Å². The van der Waals surface area contributed by atoms with E-state index in [0.717, 1.165) is 13.0 Å². The van der Waals surface area contributed by atoms with Gasteiger partial charge in [0.1, 0.15) is 6.61 Å². The molecule has 1 atom stereocenters. The number of hydrogen-bond acceptors (Lipinski definition) is 3. The molecule has 1 aliphatic rings. The molecular formula is C12H16N2OS. The minimum atomic E-state index is 0.348. The summed E-state index contributed by atoms with van der Waals surface area (Å²) in [5, 5.41) is 6.71. The second kappa shape index (κ2) is 5.27. The first-order valence-electron chi connectivity index (χ1n) is 5.44. The molecule has 16 heavy (non-hydrogen) atoms. The molecule has 1 aromatic carbocycles. The molecule has 1 heterocycles. The fourth-order valence-electron chi connectivity index (χ4n) is 1.89. The summed E-state index contributed by atoms with van der Waals surface area (Å²) >= 11 is 4.94. The minimum absolute atomic E-state index is 0.348. The fraction of sp³-hybridized carbons (Fsp3) is 0.417. The molecule has 0 aromatic heterocycles. The largest absolute Gasteiger partial charge is 0.469 e. The molecule has 86 valence electrons. The summed E-state index contributed by atoms with van der Waals surface area (Å²) in [5.74, 6) is 0. The third-order valence-corrected chi connectivity index (χ3v) is 3.11. The van der Waals surface area contributed by atoms with Crippen LogP contribution in [0.25, 0.3) is 0 Å². The Kier molecular flexibility index (Phi) is 3.74. The summed E-state index contributed by atoms with van der Waals surface area (Å²) in [5.41, 5.74) is 2.79. The molecule has 1 aromatic rings. The highest BCUT2D eigenvalue weighted by atomic mass is 32.1. The maximum atomic E-state index is 5.40. The Balaban J connectivity index is 1.90. The summed E-state index contributed by atoms with van der Waals surface area (Å²) in [6.45, 7) is 1.53. The quantitative estimate of drug-likeness (QED) is 0.757. The van der Waals surface area contributed by atoms with Gasteiger partial charge in [-0.25, -0.2) is 0 Å². The molecule has 0 fully saturated rings. The van der Waals surface area contributed by atoms with E-state index in [1.54, 1.807) is 7.05 Å². The Bertz CT molecular complexity index is 381. The van der Waals surface area contributed by atoms with Gasteiger partial charge in [0.05, 0.1) is 0 Å². The molecule has 4 heteroatoms. The summed E-state index contributed by atoms with van der Waals surface area (Å²) < 4.78 is 5.40. The van der Waals surface area contributed by atoms with E-state index in [-0.39, 0.29) is 0 Å². The third kappa shape index (κ3) is 2.71. The molecular weight excluding hydrogens is 220 g/mol. The maximum absolute atomic E-state index is 5.40. The topological polar surface area (TPSA) is 33.3 Å². The number of hydrogen-bond donors (Lipinski definition) is 2. The van der Waals surface area contributed by atoms with E-state index in [0.29, 0.717) is 17.8 Å². The van der Waals surface area contributed by atoms with Gasteiger partial charge in [-0.1, -0.05) is 24.3 Å². The Hall–Kier alpha value is -1.13. The lowest BCUT2D eigenvalue weighted by atomic mass is 9.96. The molecule has 0 aliphatic carbocycles. The van der Waals surface area contributed by atoms with Crippen LogP contribution in [-0.4, -0.2) is 24.9 Å². The smallest absolute Gasteiger partial charge is 0.256 e. The van der Waals surface area contributed by atoms with E-state index >= 15 is 0 Å². The number of benzene rings is 1. The molecule has 2 rings (SSSR count). The molecule has 0 amide bonds. The number of fused-ring (bicyclic) bond motifs is 1. The second-order valence-electron chi connectivity index (χ2n) is 3.90. The first kappa shape index (κ1) is 11.4. The lowest BCUT2D eigenvalue weighted by Crippen LogP contribution is -2.40. The van der Waals surface area contributed by atoms with Crippen molar-refractivity contribution in [3.8, 4) is 0 Å². The van der Waals surface area contributed by atoms with Crippen molar-refractivity contribution in [1.29, 1.82) is 0 Å². The van der Waals surface area contributed by atoms with Gasteiger partial charge in [0, 0.05) is 19.6 Å². The fourth-order valence-corrected chi connectivity index (χ4v) is 1.96. The van der Waals surface area contributed by atoms with Crippen molar-refractivity contribution in [2.75, 3.05) is 13.7 Å². The van der Waals surface area contributed by atoms with E-state index in [2.05, 4.69) is 34.9 Å². The summed E-state index contributed by atoms with van der Waals surface area (Å²) in [7, 11) is 1.77. The minimum Gasteiger partial charge on any atom is -0.469 e. The zero-order chi connectivity index (χ0) is 11.4. The van der Waals surface area contributed by atoms with Crippen LogP contribution in [0.3, 0.4) is 0 Å². The van der Waals surface area contributed by atoms with Crippen molar-refractivity contribution >= 4 is 17.4 Å². The maximum Gasteiger partial charge on any atom is 0.256 e. The molecule has 0 saturated heterocycles. The lowest BCUT2D eigenvalue weighted by molar-refractivity contribution is 0.243. The predicted octanol–water partition coefficient (Wildman–Crippen LogP) is 1.22. The predicted molar refractivity (Wildman–Crippen MR) is 68.4 cm³/mol. The number of rotatable bonds is 2. The van der Waals surface area contributed by atoms with E-state index in [1.807, 2.05) is 0 Å². The van der Waals surface area contributed by atoms with Gasteiger partial charge in [-0.15, -0.1) is 0 Å². The van der Waals surface area contributed by atoms with Crippen LogP contribution in [0.1, 0.15) is 11.1 Å². The highest BCUT2D eigenvalue weighted by Gasteiger charge is 2.17. The van der Waals surface area contributed by atoms with Crippen molar-refractivity contribution in [1.82, 2.24) is 10.6 Å². The van der Waals surface area contributed by atoms with Gasteiger partial charge < -0.3 is 15.4 Å². The molecule has 2 N–H and O–H groups in total. The van der Waals surface area contributed by atoms with E-state index < -0.39 is 0 Å². The van der Waals surface area contributed by atoms with Crippen LogP contribution in [0, 0.1) is 0 Å². The second-order valence-corrected chi connectivity index (χ2v) is 4.27. The first-order valence-corrected chi connectivity index (χ1v) is 5.85. The first-order chi connectivity index (χ1) is 7.79. The van der Waals surface area contributed by atoms with Gasteiger partial charge in [0.2, 0.25) is 0 Å². The normalized spacial score (nSPS) is 18.7. The lowest BCUT2D eigenvalue weighted by Gasteiger charge is -2.26. The van der Waals surface area contributed by atoms with Gasteiger partial charge in [-0.2, -0.15) is 0 Å². The monoisotopic (exact) mass is 236 g/mol. The van der Waals surface area contributed by atoms with Crippen molar-refractivity contribution in [3.05, 3.63) is 35.4 Å². The van der Waals surface area contributed by atoms with Crippen LogP contribution < -0.4 is 10.6 Å². The average molecular weight is 236 g/mol. The van der Waals surface area contributed by atoms with E-state index in [1.165, 1.54) is 11.1 Å². The van der Waals surface area contributed by atoms with Crippen LogP contribution in [0.15, 0.2) is 24.3 Å². The number of nitrogens with one attached hydrogen (secondary N) is 2. The summed E-state index contributed by atoms with van der Waals surface area (Å²) in [4.78, 5) is 0. The molecule has 0 spiro atoms. The molecule has 0 bridgehead atoms. The van der Waals surface area contributed by atoms with E-state index in [4.69, 9.17) is 17.0 Å². The van der Waals surface area contributed by atoms with Crippen LogP contribution >= 0.6 is 12.2 Å². The molecule has 1 aliphatic heterocycles. The van der Waals surface area contributed by atoms with Gasteiger partial charge in [-0.05, 0) is 29.8 Å². The highest BCUT2D eigenvalue weighted by Crippen LogP contribution is 2.16. The van der Waals surface area contributed by atoms with Crippen molar-refractivity contribution in [2.24, 2.45) is 0 Å². The number of ether oxygens (including phenoxy) is 1. The van der Waals surface area contributed by atoms with Gasteiger partial charge in [0.15, 0.2) is 0 Å². The van der Waals surface area contributed by atoms with Crippen LogP contribution in [0.4, 0.5) is 0 Å². The molecule has 0 radical (unpaired) electrons. The van der Waals surface area contributed by atoms with E-state index in [9.17, 15) is 0 Å². The van der Waals surface area contributed by atoms with Crippen molar-refractivity contribution in [3.63, 3.8) is 0 Å². The Morgan fingerprint density at radius 2 is 2.25 bits per heavy atom. The average Bonchev–Trinajstić information content (AvgIpc) is 2.35. The van der Waals surface area contributed by atoms with Crippen molar-refractivity contribution in [2.45, 2.75) is 19.0 Å². The zero-order valence-electron chi connectivity index (χ0n) is 9.32. The van der Waals surface area contributed by atoms with Gasteiger partial charge in [-0.3, -0.25) is 0 Å². The summed E-state index contributed by atoms with van der Waals surface area (Å²) in [6.07, 6.45) is 1.00. The zero-order valence-corrected chi connectivity index (χ0v) is 10.1. The SMILES string of the molecule is CNC(=S)OC[C@@H]1Cc2ccccc2CN1. The van der Waals surface area contributed by atoms with Gasteiger partial charge >= 0.3 is 0 Å². The van der Waals surface area contributed by atoms with Crippen LogP contribution in [0.2, 0.25) is 0 Å². The summed E-state index contributed by atoms with van der Waals surface area (Å²) in [6, 6.07) is 8.85. The van der Waals surface area contributed by atoms with Crippen LogP contribution in [-0.2, 0) is 17.7 Å². The molecule has 3 nitrogen and oxygen atoms in total.